The molecule has 5 nitrogen and oxygen atoms in total. The molecule has 1 aromatic heterocycles. The standard InChI is InChI=1S/C19H16N2O3S/c1-12-6-8-14(9-7-12)25-18-15-5-3-2-4-13(15)10-20-17(18)19(24)21-11-16(22)23/h2-10H,11H2,1H3,(H,21,24)(H,22,23). The first kappa shape index (κ1) is 17.0. The first-order valence-corrected chi connectivity index (χ1v) is 8.48. The van der Waals surface area contributed by atoms with Crippen LogP contribution in [0.2, 0.25) is 0 Å². The summed E-state index contributed by atoms with van der Waals surface area (Å²) in [5.41, 5.74) is 1.38. The van der Waals surface area contributed by atoms with E-state index in [0.29, 0.717) is 4.90 Å². The molecule has 0 aliphatic heterocycles. The number of aliphatic carboxylic acids is 1. The van der Waals surface area contributed by atoms with Crippen LogP contribution in [0.4, 0.5) is 0 Å². The number of aromatic nitrogens is 1. The molecule has 126 valence electrons. The first-order chi connectivity index (χ1) is 12.0. The number of fused-ring (bicyclic) bond motifs is 1. The minimum atomic E-state index is -1.10. The molecule has 0 aliphatic rings. The number of carboxylic acids is 1. The number of nitrogens with one attached hydrogen (secondary N) is 1. The van der Waals surface area contributed by atoms with Crippen molar-refractivity contribution < 1.29 is 14.7 Å². The Bertz CT molecular complexity index is 939. The monoisotopic (exact) mass is 352 g/mol. The number of nitrogens with zero attached hydrogens (tertiary/aromatic N) is 1. The van der Waals surface area contributed by atoms with Gasteiger partial charge in [-0.2, -0.15) is 0 Å². The molecule has 0 spiro atoms. The van der Waals surface area contributed by atoms with E-state index in [4.69, 9.17) is 5.11 Å². The summed E-state index contributed by atoms with van der Waals surface area (Å²) in [6.45, 7) is 1.57. The van der Waals surface area contributed by atoms with Crippen molar-refractivity contribution in [2.45, 2.75) is 16.7 Å². The van der Waals surface area contributed by atoms with Crippen LogP contribution in [0.1, 0.15) is 16.1 Å². The van der Waals surface area contributed by atoms with E-state index in [1.807, 2.05) is 55.5 Å². The molecule has 0 saturated carbocycles. The Kier molecular flexibility index (Phi) is 5.00. The van der Waals surface area contributed by atoms with E-state index in [2.05, 4.69) is 10.3 Å². The molecule has 1 heterocycles. The SMILES string of the molecule is Cc1ccc(Sc2c(C(=O)NCC(=O)O)ncc3ccccc23)cc1. The Labute approximate surface area is 149 Å². The highest BCUT2D eigenvalue weighted by atomic mass is 32.2. The Hall–Kier alpha value is -2.86. The summed E-state index contributed by atoms with van der Waals surface area (Å²) in [5, 5.41) is 13.0. The van der Waals surface area contributed by atoms with E-state index >= 15 is 0 Å². The lowest BCUT2D eigenvalue weighted by Gasteiger charge is -2.12. The van der Waals surface area contributed by atoms with Crippen molar-refractivity contribution in [3.63, 3.8) is 0 Å². The zero-order valence-electron chi connectivity index (χ0n) is 13.5. The maximum atomic E-state index is 12.4. The van der Waals surface area contributed by atoms with Gasteiger partial charge < -0.3 is 10.4 Å². The molecular weight excluding hydrogens is 336 g/mol. The molecule has 3 rings (SSSR count). The van der Waals surface area contributed by atoms with Gasteiger partial charge in [-0.15, -0.1) is 0 Å². The molecule has 3 aromatic rings. The average Bonchev–Trinajstić information content (AvgIpc) is 2.61. The highest BCUT2D eigenvalue weighted by Gasteiger charge is 2.18. The summed E-state index contributed by atoms with van der Waals surface area (Å²) < 4.78 is 0. The molecule has 25 heavy (non-hydrogen) atoms. The Morgan fingerprint density at radius 1 is 1.12 bits per heavy atom. The zero-order valence-corrected chi connectivity index (χ0v) is 14.3. The second-order valence-electron chi connectivity index (χ2n) is 5.51. The zero-order chi connectivity index (χ0) is 17.8. The quantitative estimate of drug-likeness (QED) is 0.735. The van der Waals surface area contributed by atoms with Gasteiger partial charge in [-0.3, -0.25) is 9.59 Å². The van der Waals surface area contributed by atoms with Gasteiger partial charge in [-0.05, 0) is 24.4 Å². The minimum absolute atomic E-state index is 0.227. The van der Waals surface area contributed by atoms with Gasteiger partial charge in [0.15, 0.2) is 0 Å². The molecule has 2 N–H and O–H groups in total. The molecule has 0 saturated heterocycles. The number of aryl methyl sites for hydroxylation is 1. The van der Waals surface area contributed by atoms with E-state index < -0.39 is 18.4 Å². The molecule has 0 bridgehead atoms. The van der Waals surface area contributed by atoms with Crippen molar-refractivity contribution >= 4 is 34.4 Å². The fourth-order valence-electron chi connectivity index (χ4n) is 2.37. The highest BCUT2D eigenvalue weighted by Crippen LogP contribution is 2.35. The van der Waals surface area contributed by atoms with Crippen LogP contribution >= 0.6 is 11.8 Å². The third-order valence-corrected chi connectivity index (χ3v) is 4.73. The Morgan fingerprint density at radius 3 is 2.56 bits per heavy atom. The average molecular weight is 352 g/mol. The van der Waals surface area contributed by atoms with Crippen LogP contribution < -0.4 is 5.32 Å². The summed E-state index contributed by atoms with van der Waals surface area (Å²) in [4.78, 5) is 29.1. The predicted molar refractivity (Wildman–Crippen MR) is 97.0 cm³/mol. The molecule has 6 heteroatoms. The second-order valence-corrected chi connectivity index (χ2v) is 6.60. The van der Waals surface area contributed by atoms with Crippen LogP contribution in [0, 0.1) is 6.92 Å². The maximum absolute atomic E-state index is 12.4. The van der Waals surface area contributed by atoms with Crippen LogP contribution in [0.3, 0.4) is 0 Å². The van der Waals surface area contributed by atoms with Gasteiger partial charge in [0, 0.05) is 16.5 Å². The van der Waals surface area contributed by atoms with Crippen molar-refractivity contribution in [3.8, 4) is 0 Å². The van der Waals surface area contributed by atoms with Gasteiger partial charge in [-0.25, -0.2) is 4.98 Å². The number of pyridine rings is 1. The Balaban J connectivity index is 2.05. The van der Waals surface area contributed by atoms with Crippen molar-refractivity contribution in [1.29, 1.82) is 0 Å². The highest BCUT2D eigenvalue weighted by molar-refractivity contribution is 7.99. The van der Waals surface area contributed by atoms with Gasteiger partial charge in [0.05, 0.1) is 4.90 Å². The minimum Gasteiger partial charge on any atom is -0.480 e. The predicted octanol–water partition coefficient (Wildman–Crippen LogP) is 3.51. The second kappa shape index (κ2) is 7.36. The van der Waals surface area contributed by atoms with Crippen molar-refractivity contribution in [1.82, 2.24) is 10.3 Å². The van der Waals surface area contributed by atoms with Crippen LogP contribution in [0.25, 0.3) is 10.8 Å². The van der Waals surface area contributed by atoms with Crippen molar-refractivity contribution in [2.24, 2.45) is 0 Å². The van der Waals surface area contributed by atoms with Crippen LogP contribution in [-0.2, 0) is 4.79 Å². The van der Waals surface area contributed by atoms with Gasteiger partial charge in [0.2, 0.25) is 0 Å². The summed E-state index contributed by atoms with van der Waals surface area (Å²) >= 11 is 1.44. The van der Waals surface area contributed by atoms with E-state index in [9.17, 15) is 9.59 Å². The van der Waals surface area contributed by atoms with E-state index in [1.165, 1.54) is 11.8 Å². The van der Waals surface area contributed by atoms with Crippen LogP contribution in [0.5, 0.6) is 0 Å². The first-order valence-electron chi connectivity index (χ1n) is 7.67. The van der Waals surface area contributed by atoms with Crippen molar-refractivity contribution in [3.05, 3.63) is 66.0 Å². The van der Waals surface area contributed by atoms with E-state index in [0.717, 1.165) is 21.2 Å². The number of hydrogen-bond donors (Lipinski definition) is 2. The number of benzene rings is 2. The van der Waals surface area contributed by atoms with Gasteiger partial charge in [0.25, 0.3) is 5.91 Å². The van der Waals surface area contributed by atoms with Crippen molar-refractivity contribution in [2.75, 3.05) is 6.54 Å². The molecule has 1 amide bonds. The fourth-order valence-corrected chi connectivity index (χ4v) is 3.41. The number of rotatable bonds is 5. The van der Waals surface area contributed by atoms with E-state index in [-0.39, 0.29) is 5.69 Å². The lowest BCUT2D eigenvalue weighted by Crippen LogP contribution is -2.30. The normalized spacial score (nSPS) is 10.6. The van der Waals surface area contributed by atoms with Gasteiger partial charge in [-0.1, -0.05) is 53.7 Å². The molecule has 0 fully saturated rings. The third kappa shape index (κ3) is 3.97. The fraction of sp³-hybridized carbons (Fsp3) is 0.105. The van der Waals surface area contributed by atoms with Gasteiger partial charge in [0.1, 0.15) is 12.2 Å². The summed E-state index contributed by atoms with van der Waals surface area (Å²) in [6.07, 6.45) is 1.63. The Morgan fingerprint density at radius 2 is 1.84 bits per heavy atom. The topological polar surface area (TPSA) is 79.3 Å². The molecule has 0 aliphatic carbocycles. The molecule has 0 unspecified atom stereocenters. The summed E-state index contributed by atoms with van der Waals surface area (Å²) in [5.74, 6) is -1.59. The van der Waals surface area contributed by atoms with E-state index in [1.54, 1.807) is 6.20 Å². The van der Waals surface area contributed by atoms with Crippen LogP contribution in [0.15, 0.2) is 64.5 Å². The number of carboxylic acid groups (broad SMARTS) is 1. The molecule has 0 radical (unpaired) electrons. The lowest BCUT2D eigenvalue weighted by molar-refractivity contribution is -0.135. The summed E-state index contributed by atoms with van der Waals surface area (Å²) in [6, 6.07) is 15.7. The number of carbonyl (C=O) groups is 2. The maximum Gasteiger partial charge on any atom is 0.322 e. The van der Waals surface area contributed by atoms with Gasteiger partial charge >= 0.3 is 5.97 Å². The molecule has 0 atom stereocenters. The molecular formula is C19H16N2O3S. The van der Waals surface area contributed by atoms with Crippen LogP contribution in [-0.4, -0.2) is 28.5 Å². The molecule has 2 aromatic carbocycles. The number of carbonyl (C=O) groups excluding carboxylic acids is 1. The summed E-state index contributed by atoms with van der Waals surface area (Å²) in [7, 11) is 0. The number of amides is 1. The largest absolute Gasteiger partial charge is 0.480 e. The number of hydrogen-bond acceptors (Lipinski definition) is 4. The smallest absolute Gasteiger partial charge is 0.322 e. The third-order valence-electron chi connectivity index (χ3n) is 3.61. The lowest BCUT2D eigenvalue weighted by atomic mass is 10.1.